The Labute approximate surface area is 203 Å². The van der Waals surface area contributed by atoms with Gasteiger partial charge >= 0.3 is 5.97 Å². The van der Waals surface area contributed by atoms with Gasteiger partial charge in [-0.15, -0.1) is 0 Å². The van der Waals surface area contributed by atoms with Crippen molar-refractivity contribution in [3.8, 4) is 11.1 Å². The number of aromatic nitrogens is 1. The molecule has 3 N–H and O–H groups in total. The van der Waals surface area contributed by atoms with E-state index in [0.29, 0.717) is 21.2 Å². The lowest BCUT2D eigenvalue weighted by atomic mass is 10.0. The zero-order valence-corrected chi connectivity index (χ0v) is 20.0. The summed E-state index contributed by atoms with van der Waals surface area (Å²) >= 11 is 12.1. The van der Waals surface area contributed by atoms with E-state index in [0.717, 1.165) is 12.1 Å². The summed E-state index contributed by atoms with van der Waals surface area (Å²) < 4.78 is 15.3. The summed E-state index contributed by atoms with van der Waals surface area (Å²) in [7, 11) is -2.77. The van der Waals surface area contributed by atoms with Crippen molar-refractivity contribution >= 4 is 56.4 Å². The Morgan fingerprint density at radius 2 is 1.74 bits per heavy atom. The average Bonchev–Trinajstić information content (AvgIpc) is 2.73. The number of H-pyrrole nitrogens is 1. The van der Waals surface area contributed by atoms with Gasteiger partial charge in [0, 0.05) is 55.2 Å². The molecule has 0 unspecified atom stereocenters. The Kier molecular flexibility index (Phi) is 7.25. The van der Waals surface area contributed by atoms with E-state index in [9.17, 15) is 28.5 Å². The number of carbonyl (C=O) groups is 3. The number of hydrogen-bond donors (Lipinski definition) is 3. The number of benzene rings is 2. The number of nitrogens with one attached hydrogen (secondary N) is 2. The zero-order chi connectivity index (χ0) is 25.2. The highest BCUT2D eigenvalue weighted by Crippen LogP contribution is 2.30. The Morgan fingerprint density at radius 1 is 1.03 bits per heavy atom. The maximum atomic E-state index is 12.8. The molecule has 34 heavy (non-hydrogen) atoms. The number of nitrogens with zero attached hydrogens (tertiary/aromatic N) is 1. The van der Waals surface area contributed by atoms with Crippen LogP contribution < -0.4 is 10.9 Å². The molecule has 0 aliphatic carbocycles. The highest BCUT2D eigenvalue weighted by molar-refractivity contribution is 7.92. The van der Waals surface area contributed by atoms with Crippen LogP contribution in [0.2, 0.25) is 10.0 Å². The van der Waals surface area contributed by atoms with E-state index in [1.54, 1.807) is 12.1 Å². The number of carboxylic acids is 1. The van der Waals surface area contributed by atoms with Gasteiger partial charge in [-0.25, -0.2) is 9.00 Å². The Hall–Kier alpha value is -3.47. The quantitative estimate of drug-likeness (QED) is 0.459. The highest BCUT2D eigenvalue weighted by Gasteiger charge is 2.21. The van der Waals surface area contributed by atoms with Crippen molar-refractivity contribution in [2.24, 2.45) is 4.36 Å². The van der Waals surface area contributed by atoms with Gasteiger partial charge in [-0.3, -0.25) is 14.4 Å². The third kappa shape index (κ3) is 5.90. The molecule has 3 aromatic rings. The van der Waals surface area contributed by atoms with Gasteiger partial charge in [0.25, 0.3) is 17.4 Å². The van der Waals surface area contributed by atoms with Crippen molar-refractivity contribution in [2.45, 2.75) is 0 Å². The van der Waals surface area contributed by atoms with Gasteiger partial charge in [-0.1, -0.05) is 29.3 Å². The number of carboxylic acid groups (broad SMARTS) is 1. The van der Waals surface area contributed by atoms with Crippen LogP contribution in [0.1, 0.15) is 31.1 Å². The zero-order valence-electron chi connectivity index (χ0n) is 17.7. The first-order valence-corrected chi connectivity index (χ1v) is 12.5. The van der Waals surface area contributed by atoms with Gasteiger partial charge in [0.15, 0.2) is 0 Å². The van der Waals surface area contributed by atoms with E-state index in [1.807, 2.05) is 0 Å². The van der Waals surface area contributed by atoms with Crippen LogP contribution in [0.3, 0.4) is 0 Å². The molecule has 176 valence electrons. The van der Waals surface area contributed by atoms with E-state index in [4.69, 9.17) is 23.2 Å². The van der Waals surface area contributed by atoms with Crippen LogP contribution in [-0.4, -0.2) is 44.6 Å². The molecule has 1 heterocycles. The van der Waals surface area contributed by atoms with Crippen LogP contribution in [0, 0.1) is 0 Å². The molecule has 0 bridgehead atoms. The average molecular weight is 522 g/mol. The molecule has 0 atom stereocenters. The minimum atomic E-state index is -2.77. The fraction of sp³-hybridized carbons (Fsp3) is 0.0909. The van der Waals surface area contributed by atoms with E-state index in [1.165, 1.54) is 36.9 Å². The maximum Gasteiger partial charge on any atom is 0.336 e. The van der Waals surface area contributed by atoms with Crippen LogP contribution in [-0.2, 0) is 9.73 Å². The number of carbonyl (C=O) groups excluding carboxylic acids is 2. The van der Waals surface area contributed by atoms with Crippen LogP contribution in [0.25, 0.3) is 11.1 Å². The van der Waals surface area contributed by atoms with Crippen molar-refractivity contribution in [3.63, 3.8) is 0 Å². The SMILES string of the molecule is CS(C)(=O)=NC(=O)c1ccc(C(=O)Nc2cc(-c3ccc(Cl)cc3Cl)c[nH]c2=O)c(C(=O)O)c1. The molecular formula is C22H17Cl2N3O6S. The first-order chi connectivity index (χ1) is 15.9. The molecule has 2 amide bonds. The van der Waals surface area contributed by atoms with Crippen LogP contribution >= 0.6 is 23.2 Å². The Balaban J connectivity index is 1.98. The fourth-order valence-electron chi connectivity index (χ4n) is 2.95. The number of amides is 2. The minimum Gasteiger partial charge on any atom is -0.478 e. The predicted octanol–water partition coefficient (Wildman–Crippen LogP) is 4.17. The summed E-state index contributed by atoms with van der Waals surface area (Å²) in [5, 5.41) is 12.7. The number of aromatic carboxylic acids is 1. The van der Waals surface area contributed by atoms with Crippen molar-refractivity contribution in [3.05, 3.63) is 85.8 Å². The number of pyridine rings is 1. The van der Waals surface area contributed by atoms with E-state index in [-0.39, 0.29) is 16.8 Å². The Morgan fingerprint density at radius 3 is 2.35 bits per heavy atom. The molecule has 0 saturated carbocycles. The lowest BCUT2D eigenvalue weighted by molar-refractivity contribution is 0.0692. The number of aromatic amines is 1. The normalized spacial score (nSPS) is 11.1. The molecular weight excluding hydrogens is 505 g/mol. The first kappa shape index (κ1) is 25.2. The summed E-state index contributed by atoms with van der Waals surface area (Å²) in [5.41, 5.74) is -0.721. The summed E-state index contributed by atoms with van der Waals surface area (Å²) in [4.78, 5) is 51.5. The summed E-state index contributed by atoms with van der Waals surface area (Å²) in [6.45, 7) is 0. The second kappa shape index (κ2) is 9.80. The Bertz CT molecular complexity index is 1520. The number of hydrogen-bond acceptors (Lipinski definition) is 5. The number of rotatable bonds is 5. The van der Waals surface area contributed by atoms with Crippen molar-refractivity contribution in [1.82, 2.24) is 4.98 Å². The van der Waals surface area contributed by atoms with E-state index < -0.39 is 38.6 Å². The third-order valence-corrected chi connectivity index (χ3v) is 5.59. The van der Waals surface area contributed by atoms with Crippen molar-refractivity contribution < 1.29 is 23.7 Å². The van der Waals surface area contributed by atoms with Crippen molar-refractivity contribution in [2.75, 3.05) is 17.8 Å². The lowest BCUT2D eigenvalue weighted by Crippen LogP contribution is -2.22. The molecule has 0 aliphatic rings. The molecule has 0 radical (unpaired) electrons. The second-order valence-corrected chi connectivity index (χ2v) is 10.7. The number of anilines is 1. The largest absolute Gasteiger partial charge is 0.478 e. The van der Waals surface area contributed by atoms with Gasteiger partial charge < -0.3 is 15.4 Å². The molecule has 0 spiro atoms. The van der Waals surface area contributed by atoms with Gasteiger partial charge in [-0.05, 0) is 36.4 Å². The van der Waals surface area contributed by atoms with Gasteiger partial charge in [0.2, 0.25) is 0 Å². The highest BCUT2D eigenvalue weighted by atomic mass is 35.5. The summed E-state index contributed by atoms with van der Waals surface area (Å²) in [6, 6.07) is 9.40. The van der Waals surface area contributed by atoms with E-state index in [2.05, 4.69) is 14.7 Å². The topological polar surface area (TPSA) is 146 Å². The molecule has 1 aromatic heterocycles. The van der Waals surface area contributed by atoms with E-state index >= 15 is 0 Å². The number of halogens is 2. The molecule has 2 aromatic carbocycles. The molecule has 0 saturated heterocycles. The fourth-order valence-corrected chi connectivity index (χ4v) is 3.97. The maximum absolute atomic E-state index is 12.8. The van der Waals surface area contributed by atoms with Crippen molar-refractivity contribution in [1.29, 1.82) is 0 Å². The van der Waals surface area contributed by atoms with Gasteiger partial charge in [0.1, 0.15) is 5.69 Å². The molecule has 0 aliphatic heterocycles. The van der Waals surface area contributed by atoms with Crippen LogP contribution in [0.5, 0.6) is 0 Å². The van der Waals surface area contributed by atoms with Crippen LogP contribution in [0.4, 0.5) is 5.69 Å². The second-order valence-electron chi connectivity index (χ2n) is 7.35. The van der Waals surface area contributed by atoms with Crippen LogP contribution in [0.15, 0.2) is 57.8 Å². The molecule has 3 rings (SSSR count). The van der Waals surface area contributed by atoms with Gasteiger partial charge in [0.05, 0.1) is 11.1 Å². The third-order valence-electron chi connectivity index (χ3n) is 4.44. The smallest absolute Gasteiger partial charge is 0.336 e. The first-order valence-electron chi connectivity index (χ1n) is 9.44. The molecule has 0 fully saturated rings. The predicted molar refractivity (Wildman–Crippen MR) is 131 cm³/mol. The lowest BCUT2D eigenvalue weighted by Gasteiger charge is -2.10. The molecule has 9 nitrogen and oxygen atoms in total. The summed E-state index contributed by atoms with van der Waals surface area (Å²) in [5.74, 6) is -3.26. The minimum absolute atomic E-state index is 0.150. The summed E-state index contributed by atoms with van der Waals surface area (Å²) in [6.07, 6.45) is 3.92. The monoisotopic (exact) mass is 521 g/mol. The standard InChI is InChI=1S/C22H17Cl2N3O6S/c1-34(2,33)27-19(28)11-3-5-15(16(7-11)22(31)32)20(29)26-18-8-12(10-25-21(18)30)14-6-4-13(23)9-17(14)24/h3-10H,1-2H3,(H,25,30)(H,26,29)(H,31,32). The van der Waals surface area contributed by atoms with Gasteiger partial charge in [-0.2, -0.15) is 4.36 Å². The molecule has 12 heteroatoms.